The number of carboxylic acids is 1. The number of rotatable bonds is 13. The van der Waals surface area contributed by atoms with Gasteiger partial charge in [0.15, 0.2) is 0 Å². The van der Waals surface area contributed by atoms with E-state index in [2.05, 4.69) is 16.4 Å². The van der Waals surface area contributed by atoms with E-state index in [9.17, 15) is 19.4 Å². The molecule has 45 heavy (non-hydrogen) atoms. The van der Waals surface area contributed by atoms with E-state index in [1.165, 1.54) is 17.7 Å². The van der Waals surface area contributed by atoms with E-state index in [0.717, 1.165) is 41.3 Å². The Labute approximate surface area is 265 Å². The zero-order chi connectivity index (χ0) is 31.9. The summed E-state index contributed by atoms with van der Waals surface area (Å²) in [6.45, 7) is -0.331. The van der Waals surface area contributed by atoms with Crippen molar-refractivity contribution in [3.63, 3.8) is 0 Å². The maximum atomic E-state index is 14.7. The molecule has 2 atom stereocenters. The topological polar surface area (TPSA) is 142 Å². The van der Waals surface area contributed by atoms with Crippen molar-refractivity contribution in [2.45, 2.75) is 44.4 Å². The molecule has 3 aromatic carbocycles. The average Bonchev–Trinajstić information content (AvgIpc) is 3.45. The highest BCUT2D eigenvalue weighted by molar-refractivity contribution is 6.31. The summed E-state index contributed by atoms with van der Waals surface area (Å²) in [6, 6.07) is 17.2. The number of benzene rings is 3. The molecule has 0 amide bonds. The van der Waals surface area contributed by atoms with Gasteiger partial charge in [-0.25, -0.2) is 4.39 Å². The summed E-state index contributed by atoms with van der Waals surface area (Å²) in [5, 5.41) is 29.5. The summed E-state index contributed by atoms with van der Waals surface area (Å²) in [4.78, 5) is 15.7. The molecular formula is C35H34ClFN4O4. The van der Waals surface area contributed by atoms with Crippen LogP contribution < -0.4 is 15.8 Å². The number of nitrogens with zero attached hydrogens (tertiary/aromatic N) is 1. The Morgan fingerprint density at radius 2 is 1.96 bits per heavy atom. The van der Waals surface area contributed by atoms with Crippen LogP contribution in [0.1, 0.15) is 45.7 Å². The lowest BCUT2D eigenvalue weighted by atomic mass is 9.90. The van der Waals surface area contributed by atoms with E-state index in [1.54, 1.807) is 30.6 Å². The number of aliphatic hydroxyl groups excluding tert-OH is 1. The maximum Gasteiger partial charge on any atom is 0.323 e. The zero-order valence-corrected chi connectivity index (χ0v) is 25.2. The molecule has 0 saturated heterocycles. The van der Waals surface area contributed by atoms with Crippen molar-refractivity contribution >= 4 is 29.5 Å². The number of hydrogen-bond donors (Lipinski definition) is 5. The molecule has 232 valence electrons. The quantitative estimate of drug-likeness (QED) is 0.116. The monoisotopic (exact) mass is 628 g/mol. The fraction of sp³-hybridized carbons (Fsp3) is 0.229. The Kier molecular flexibility index (Phi) is 10.2. The zero-order valence-electron chi connectivity index (χ0n) is 24.5. The molecule has 1 unspecified atom stereocenters. The van der Waals surface area contributed by atoms with E-state index in [4.69, 9.17) is 27.5 Å². The SMILES string of the molecule is N=C/C=C(\N)c1cncc(COc2cc(C[C@H]3CCc4c(-c5ccccc5F)cccc43)c(Cl)cc2CNC(CO)C(=O)O)c1. The Balaban J connectivity index is 1.43. The van der Waals surface area contributed by atoms with Crippen LogP contribution in [0.4, 0.5) is 4.39 Å². The van der Waals surface area contributed by atoms with Crippen molar-refractivity contribution in [3.8, 4) is 16.9 Å². The largest absolute Gasteiger partial charge is 0.489 e. The first-order valence-corrected chi connectivity index (χ1v) is 14.9. The van der Waals surface area contributed by atoms with Crippen LogP contribution in [0, 0.1) is 11.2 Å². The maximum absolute atomic E-state index is 14.7. The lowest BCUT2D eigenvalue weighted by Gasteiger charge is -2.19. The number of carboxylic acid groups (broad SMARTS) is 1. The number of hydrogen-bond acceptors (Lipinski definition) is 7. The van der Waals surface area contributed by atoms with Gasteiger partial charge in [0.1, 0.15) is 24.2 Å². The van der Waals surface area contributed by atoms with Crippen molar-refractivity contribution in [3.05, 3.63) is 123 Å². The minimum Gasteiger partial charge on any atom is -0.489 e. The van der Waals surface area contributed by atoms with Crippen molar-refractivity contribution in [2.24, 2.45) is 5.73 Å². The van der Waals surface area contributed by atoms with Crippen LogP contribution in [0.25, 0.3) is 16.8 Å². The molecule has 0 bridgehead atoms. The van der Waals surface area contributed by atoms with Gasteiger partial charge in [-0.2, -0.15) is 0 Å². The number of nitrogens with two attached hydrogens (primary N) is 1. The number of pyridine rings is 1. The summed E-state index contributed by atoms with van der Waals surface area (Å²) >= 11 is 6.82. The van der Waals surface area contributed by atoms with Crippen LogP contribution in [-0.4, -0.2) is 40.0 Å². The first-order valence-electron chi connectivity index (χ1n) is 14.6. The lowest BCUT2D eigenvalue weighted by Crippen LogP contribution is -2.39. The molecule has 1 aliphatic carbocycles. The number of ether oxygens (including phenoxy) is 1. The summed E-state index contributed by atoms with van der Waals surface area (Å²) in [6.07, 6.45) is 8.18. The number of fused-ring (bicyclic) bond motifs is 1. The average molecular weight is 629 g/mol. The Morgan fingerprint density at radius 1 is 1.16 bits per heavy atom. The minimum absolute atomic E-state index is 0.0957. The predicted octanol–water partition coefficient (Wildman–Crippen LogP) is 5.88. The molecular weight excluding hydrogens is 595 g/mol. The molecule has 6 N–H and O–H groups in total. The summed E-state index contributed by atoms with van der Waals surface area (Å²) in [5.41, 5.74) is 13.1. The molecule has 4 aromatic rings. The van der Waals surface area contributed by atoms with Gasteiger partial charge in [-0.1, -0.05) is 48.0 Å². The molecule has 1 aliphatic rings. The van der Waals surface area contributed by atoms with Crippen molar-refractivity contribution in [1.82, 2.24) is 10.3 Å². The van der Waals surface area contributed by atoms with E-state index >= 15 is 0 Å². The fourth-order valence-electron chi connectivity index (χ4n) is 5.75. The van der Waals surface area contributed by atoms with Crippen LogP contribution in [0.15, 0.2) is 79.1 Å². The van der Waals surface area contributed by atoms with Crippen LogP contribution in [0.2, 0.25) is 5.02 Å². The van der Waals surface area contributed by atoms with Crippen LogP contribution >= 0.6 is 11.6 Å². The molecule has 8 nitrogen and oxygen atoms in total. The lowest BCUT2D eigenvalue weighted by molar-refractivity contribution is -0.140. The smallest absolute Gasteiger partial charge is 0.323 e. The van der Waals surface area contributed by atoms with E-state index in [1.807, 2.05) is 30.3 Å². The number of halogens is 2. The highest BCUT2D eigenvalue weighted by Crippen LogP contribution is 2.42. The minimum atomic E-state index is -1.17. The number of aliphatic carboxylic acids is 1. The van der Waals surface area contributed by atoms with Crippen molar-refractivity contribution < 1.29 is 24.1 Å². The molecule has 0 saturated carbocycles. The highest BCUT2D eigenvalue weighted by atomic mass is 35.5. The second-order valence-electron chi connectivity index (χ2n) is 11.0. The van der Waals surface area contributed by atoms with Crippen molar-refractivity contribution in [2.75, 3.05) is 6.61 Å². The third kappa shape index (κ3) is 7.39. The standard InChI is InChI=1S/C35H34ClFN4O4/c36-30-14-25(18-41-33(19-42)35(43)44)34(45-20-21-12-24(17-40-16-21)32(39)10-11-38)15-23(30)13-22-8-9-28-26(22)5-3-6-27(28)29-4-1-2-7-31(29)37/h1-7,10-12,14-17,22,33,38,41-42H,8-9,13,18-20,39H2,(H,43,44)/b32-10-,38-11?/t22-,33?/m1/s1. The van der Waals surface area contributed by atoms with Gasteiger partial charge in [0.05, 0.1) is 6.61 Å². The van der Waals surface area contributed by atoms with Crippen LogP contribution in [0.5, 0.6) is 5.75 Å². The van der Waals surface area contributed by atoms with E-state index < -0.39 is 18.6 Å². The molecule has 0 radical (unpaired) electrons. The van der Waals surface area contributed by atoms with Gasteiger partial charge in [0.2, 0.25) is 0 Å². The van der Waals surface area contributed by atoms with Gasteiger partial charge in [-0.3, -0.25) is 15.1 Å². The number of aliphatic hydroxyl groups is 1. The molecule has 0 spiro atoms. The van der Waals surface area contributed by atoms with E-state index in [-0.39, 0.29) is 24.9 Å². The molecule has 0 aliphatic heterocycles. The second kappa shape index (κ2) is 14.5. The predicted molar refractivity (Wildman–Crippen MR) is 173 cm³/mol. The van der Waals surface area contributed by atoms with E-state index in [0.29, 0.717) is 39.6 Å². The number of aromatic nitrogens is 1. The van der Waals surface area contributed by atoms with Gasteiger partial charge >= 0.3 is 5.97 Å². The second-order valence-corrected chi connectivity index (χ2v) is 11.4. The van der Waals surface area contributed by atoms with Crippen molar-refractivity contribution in [1.29, 1.82) is 5.41 Å². The van der Waals surface area contributed by atoms with Gasteiger partial charge in [-0.05, 0) is 77.8 Å². The van der Waals surface area contributed by atoms with Gasteiger partial charge < -0.3 is 26.1 Å². The molecule has 5 rings (SSSR count). The number of allylic oxidation sites excluding steroid dienone is 1. The van der Waals surface area contributed by atoms with Crippen LogP contribution in [-0.2, 0) is 30.8 Å². The summed E-state index contributed by atoms with van der Waals surface area (Å²) < 4.78 is 21.0. The summed E-state index contributed by atoms with van der Waals surface area (Å²) in [7, 11) is 0. The Morgan fingerprint density at radius 3 is 2.71 bits per heavy atom. The van der Waals surface area contributed by atoms with Gasteiger partial charge in [0, 0.05) is 58.1 Å². The normalized spacial score (nSPS) is 15.0. The Bertz CT molecular complexity index is 1740. The molecule has 1 heterocycles. The highest BCUT2D eigenvalue weighted by Gasteiger charge is 2.27. The van der Waals surface area contributed by atoms with Crippen LogP contribution in [0.3, 0.4) is 0 Å². The fourth-order valence-corrected chi connectivity index (χ4v) is 6.01. The molecule has 1 aromatic heterocycles. The number of nitrogens with one attached hydrogen (secondary N) is 2. The third-order valence-corrected chi connectivity index (χ3v) is 8.41. The first kappa shape index (κ1) is 31.8. The number of carbonyl (C=O) groups is 1. The van der Waals surface area contributed by atoms with Gasteiger partial charge in [0.25, 0.3) is 0 Å². The molecule has 0 fully saturated rings. The first-order chi connectivity index (χ1) is 21.8. The summed E-state index contributed by atoms with van der Waals surface area (Å²) in [5.74, 6) is -0.744. The third-order valence-electron chi connectivity index (χ3n) is 8.06. The Hall–Kier alpha value is -4.57. The molecule has 10 heteroatoms. The van der Waals surface area contributed by atoms with Gasteiger partial charge in [-0.15, -0.1) is 0 Å².